The van der Waals surface area contributed by atoms with Gasteiger partial charge in [-0.15, -0.1) is 6.58 Å². The molecule has 0 saturated carbocycles. The number of hydrogen-bond donors (Lipinski definition) is 0. The monoisotopic (exact) mass is 243 g/mol. The number of benzene rings is 1. The van der Waals surface area contributed by atoms with Crippen molar-refractivity contribution in [2.75, 3.05) is 12.0 Å². The highest BCUT2D eigenvalue weighted by Gasteiger charge is 2.37. The van der Waals surface area contributed by atoms with Crippen molar-refractivity contribution in [2.45, 2.75) is 44.2 Å². The molecule has 1 fully saturated rings. The molecule has 0 aliphatic carbocycles. The molecule has 0 bridgehead atoms. The highest BCUT2D eigenvalue weighted by molar-refractivity contribution is 5.63. The van der Waals surface area contributed by atoms with Crippen molar-refractivity contribution in [3.8, 4) is 5.75 Å². The number of rotatable bonds is 3. The Morgan fingerprint density at radius 1 is 1.39 bits per heavy atom. The number of methoxy groups -OCH3 is 1. The summed E-state index contributed by atoms with van der Waals surface area (Å²) in [4.78, 5) is 2.63. The van der Waals surface area contributed by atoms with E-state index in [1.807, 2.05) is 0 Å². The lowest BCUT2D eigenvalue weighted by molar-refractivity contribution is 0.405. The Hall–Kier alpha value is -1.44. The van der Waals surface area contributed by atoms with Gasteiger partial charge in [0.2, 0.25) is 0 Å². The Morgan fingerprint density at radius 2 is 2.28 bits per heavy atom. The SMILES string of the molecule is C=CC[C@@H]1CC[C@H]2CCc3c(OC)cccc3N21. The first-order chi connectivity index (χ1) is 8.85. The normalized spacial score (nSPS) is 25.5. The Bertz CT molecular complexity index is 454. The predicted octanol–water partition coefficient (Wildman–Crippen LogP) is 3.55. The third-order valence-electron chi connectivity index (χ3n) is 4.39. The molecule has 0 unspecified atom stereocenters. The molecule has 96 valence electrons. The van der Waals surface area contributed by atoms with Crippen molar-refractivity contribution in [1.29, 1.82) is 0 Å². The zero-order chi connectivity index (χ0) is 12.5. The van der Waals surface area contributed by atoms with Crippen LogP contribution >= 0.6 is 0 Å². The van der Waals surface area contributed by atoms with E-state index in [2.05, 4.69) is 35.8 Å². The largest absolute Gasteiger partial charge is 0.496 e. The quantitative estimate of drug-likeness (QED) is 0.753. The molecule has 2 nitrogen and oxygen atoms in total. The minimum absolute atomic E-state index is 0.638. The second kappa shape index (κ2) is 4.68. The number of hydrogen-bond acceptors (Lipinski definition) is 2. The van der Waals surface area contributed by atoms with Crippen LogP contribution < -0.4 is 9.64 Å². The van der Waals surface area contributed by atoms with Gasteiger partial charge in [-0.1, -0.05) is 12.1 Å². The third kappa shape index (κ3) is 1.71. The van der Waals surface area contributed by atoms with Gasteiger partial charge in [0.25, 0.3) is 0 Å². The molecule has 2 aliphatic rings. The Morgan fingerprint density at radius 3 is 3.06 bits per heavy atom. The van der Waals surface area contributed by atoms with Crippen LogP contribution in [0.15, 0.2) is 30.9 Å². The zero-order valence-electron chi connectivity index (χ0n) is 11.1. The van der Waals surface area contributed by atoms with Gasteiger partial charge in [-0.25, -0.2) is 0 Å². The van der Waals surface area contributed by atoms with Crippen molar-refractivity contribution in [2.24, 2.45) is 0 Å². The van der Waals surface area contributed by atoms with Crippen molar-refractivity contribution in [3.63, 3.8) is 0 Å². The number of anilines is 1. The van der Waals surface area contributed by atoms with Crippen LogP contribution in [0, 0.1) is 0 Å². The summed E-state index contributed by atoms with van der Waals surface area (Å²) in [7, 11) is 1.77. The van der Waals surface area contributed by atoms with Crippen LogP contribution in [0.25, 0.3) is 0 Å². The second-order valence-corrected chi connectivity index (χ2v) is 5.31. The summed E-state index contributed by atoms with van der Waals surface area (Å²) in [5.41, 5.74) is 2.79. The molecule has 1 saturated heterocycles. The van der Waals surface area contributed by atoms with Crippen molar-refractivity contribution in [3.05, 3.63) is 36.4 Å². The summed E-state index contributed by atoms with van der Waals surface area (Å²) in [5.74, 6) is 1.05. The summed E-state index contributed by atoms with van der Waals surface area (Å²) >= 11 is 0. The summed E-state index contributed by atoms with van der Waals surface area (Å²) in [6, 6.07) is 7.82. The molecule has 18 heavy (non-hydrogen) atoms. The van der Waals surface area contributed by atoms with Gasteiger partial charge >= 0.3 is 0 Å². The molecule has 1 aromatic carbocycles. The van der Waals surface area contributed by atoms with Crippen LogP contribution in [0.4, 0.5) is 5.69 Å². The van der Waals surface area contributed by atoms with E-state index in [0.717, 1.165) is 24.6 Å². The maximum atomic E-state index is 5.51. The van der Waals surface area contributed by atoms with E-state index in [-0.39, 0.29) is 0 Å². The number of nitrogens with zero attached hydrogens (tertiary/aromatic N) is 1. The lowest BCUT2D eigenvalue weighted by Crippen LogP contribution is -2.39. The van der Waals surface area contributed by atoms with E-state index in [4.69, 9.17) is 4.74 Å². The molecule has 0 radical (unpaired) electrons. The van der Waals surface area contributed by atoms with E-state index in [1.54, 1.807) is 7.11 Å². The summed E-state index contributed by atoms with van der Waals surface area (Å²) in [6.45, 7) is 3.90. The molecule has 0 aromatic heterocycles. The van der Waals surface area contributed by atoms with Gasteiger partial charge < -0.3 is 9.64 Å². The van der Waals surface area contributed by atoms with Crippen LogP contribution in [0.1, 0.15) is 31.2 Å². The fourth-order valence-corrected chi connectivity index (χ4v) is 3.61. The first-order valence-electron chi connectivity index (χ1n) is 6.90. The minimum Gasteiger partial charge on any atom is -0.496 e. The van der Waals surface area contributed by atoms with Gasteiger partial charge in [0.15, 0.2) is 0 Å². The van der Waals surface area contributed by atoms with Gasteiger partial charge in [-0.2, -0.15) is 0 Å². The maximum absolute atomic E-state index is 5.51. The molecule has 2 atom stereocenters. The molecule has 0 amide bonds. The molecule has 2 heteroatoms. The predicted molar refractivity (Wildman–Crippen MR) is 75.4 cm³/mol. The standard InChI is InChI=1S/C16H21NO/c1-3-5-12-8-9-13-10-11-14-15(17(12)13)6-4-7-16(14)18-2/h3-4,6-7,12-13H,1,5,8-11H2,2H3/t12-,13+/m1/s1. The summed E-state index contributed by atoms with van der Waals surface area (Å²) < 4.78 is 5.51. The Kier molecular flexibility index (Phi) is 3.02. The van der Waals surface area contributed by atoms with Gasteiger partial charge in [0.05, 0.1) is 7.11 Å². The van der Waals surface area contributed by atoms with Crippen LogP contribution in [-0.4, -0.2) is 19.2 Å². The lowest BCUT2D eigenvalue weighted by Gasteiger charge is -2.38. The first kappa shape index (κ1) is 11.6. The molecule has 0 spiro atoms. The molecule has 0 N–H and O–H groups in total. The fraction of sp³-hybridized carbons (Fsp3) is 0.500. The van der Waals surface area contributed by atoms with Crippen LogP contribution in [0.2, 0.25) is 0 Å². The van der Waals surface area contributed by atoms with E-state index >= 15 is 0 Å². The van der Waals surface area contributed by atoms with Crippen LogP contribution in [0.5, 0.6) is 5.75 Å². The molecule has 2 aliphatic heterocycles. The maximum Gasteiger partial charge on any atom is 0.124 e. The topological polar surface area (TPSA) is 12.5 Å². The van der Waals surface area contributed by atoms with E-state index in [1.165, 1.54) is 30.5 Å². The molecular formula is C16H21NO. The average molecular weight is 243 g/mol. The third-order valence-corrected chi connectivity index (χ3v) is 4.39. The van der Waals surface area contributed by atoms with E-state index in [0.29, 0.717) is 6.04 Å². The van der Waals surface area contributed by atoms with Crippen LogP contribution in [-0.2, 0) is 6.42 Å². The minimum atomic E-state index is 0.638. The van der Waals surface area contributed by atoms with Gasteiger partial charge in [-0.3, -0.25) is 0 Å². The molecule has 2 heterocycles. The fourth-order valence-electron chi connectivity index (χ4n) is 3.61. The van der Waals surface area contributed by atoms with Crippen LogP contribution in [0.3, 0.4) is 0 Å². The van der Waals surface area contributed by atoms with Gasteiger partial charge in [-0.05, 0) is 44.2 Å². The average Bonchev–Trinajstić information content (AvgIpc) is 2.82. The summed E-state index contributed by atoms with van der Waals surface area (Å²) in [6.07, 6.45) is 8.19. The molecule has 1 aromatic rings. The Labute approximate surface area is 109 Å². The van der Waals surface area contributed by atoms with Crippen molar-refractivity contribution < 1.29 is 4.74 Å². The number of ether oxygens (including phenoxy) is 1. The summed E-state index contributed by atoms with van der Waals surface area (Å²) in [5, 5.41) is 0. The Balaban J connectivity index is 2.01. The highest BCUT2D eigenvalue weighted by Crippen LogP contribution is 2.43. The second-order valence-electron chi connectivity index (χ2n) is 5.31. The molecule has 3 rings (SSSR count). The highest BCUT2D eigenvalue weighted by atomic mass is 16.5. The van der Waals surface area contributed by atoms with E-state index in [9.17, 15) is 0 Å². The molecular weight excluding hydrogens is 222 g/mol. The van der Waals surface area contributed by atoms with Crippen molar-refractivity contribution >= 4 is 5.69 Å². The number of fused-ring (bicyclic) bond motifs is 3. The smallest absolute Gasteiger partial charge is 0.124 e. The van der Waals surface area contributed by atoms with E-state index < -0.39 is 0 Å². The lowest BCUT2D eigenvalue weighted by atomic mass is 9.95. The van der Waals surface area contributed by atoms with Gasteiger partial charge in [0, 0.05) is 23.3 Å². The zero-order valence-corrected chi connectivity index (χ0v) is 11.1. The van der Waals surface area contributed by atoms with Gasteiger partial charge in [0.1, 0.15) is 5.75 Å². The first-order valence-corrected chi connectivity index (χ1v) is 6.90. The van der Waals surface area contributed by atoms with Crippen molar-refractivity contribution in [1.82, 2.24) is 0 Å².